The van der Waals surface area contributed by atoms with Gasteiger partial charge in [0.1, 0.15) is 0 Å². The molecule has 3 heterocycles. The highest BCUT2D eigenvalue weighted by Gasteiger charge is 2.32. The first-order chi connectivity index (χ1) is 14.6. The summed E-state index contributed by atoms with van der Waals surface area (Å²) in [5.41, 5.74) is 3.09. The molecule has 1 aliphatic heterocycles. The first-order valence-corrected chi connectivity index (χ1v) is 11.3. The molecule has 0 N–H and O–H groups in total. The molecule has 0 radical (unpaired) electrons. The molecule has 4 rings (SSSR count). The van der Waals surface area contributed by atoms with Gasteiger partial charge in [-0.2, -0.15) is 0 Å². The molecule has 6 nitrogen and oxygen atoms in total. The smallest absolute Gasteiger partial charge is 0.236 e. The van der Waals surface area contributed by atoms with E-state index in [0.717, 1.165) is 53.7 Å². The Morgan fingerprint density at radius 2 is 1.73 bits per heavy atom. The highest BCUT2D eigenvalue weighted by atomic mass is 32.2. The number of hydrogen-bond acceptors (Lipinski definition) is 5. The van der Waals surface area contributed by atoms with Gasteiger partial charge in [-0.05, 0) is 49.4 Å². The Kier molecular flexibility index (Phi) is 6.18. The lowest BCUT2D eigenvalue weighted by Gasteiger charge is -2.25. The maximum absolute atomic E-state index is 13.2. The SMILES string of the molecule is Cc1ccccc1-n1c(SC(C(=O)N2CCCC2)C(C)C)nnc1-c1ccncc1. The number of hydrogen-bond donors (Lipinski definition) is 0. The molecule has 0 aliphatic carbocycles. The van der Waals surface area contributed by atoms with Gasteiger partial charge in [0.25, 0.3) is 0 Å². The number of amides is 1. The zero-order valence-electron chi connectivity index (χ0n) is 17.7. The summed E-state index contributed by atoms with van der Waals surface area (Å²) >= 11 is 1.52. The molecule has 1 unspecified atom stereocenters. The van der Waals surface area contributed by atoms with Crippen LogP contribution in [-0.4, -0.2) is 48.9 Å². The van der Waals surface area contributed by atoms with Crippen LogP contribution in [0.3, 0.4) is 0 Å². The second-order valence-electron chi connectivity index (χ2n) is 7.98. The van der Waals surface area contributed by atoms with Crippen molar-refractivity contribution in [2.75, 3.05) is 13.1 Å². The molecule has 30 heavy (non-hydrogen) atoms. The van der Waals surface area contributed by atoms with Crippen molar-refractivity contribution in [3.05, 3.63) is 54.4 Å². The number of carbonyl (C=O) groups is 1. The largest absolute Gasteiger partial charge is 0.342 e. The summed E-state index contributed by atoms with van der Waals surface area (Å²) in [5, 5.41) is 9.58. The van der Waals surface area contributed by atoms with Gasteiger partial charge in [-0.15, -0.1) is 10.2 Å². The molecule has 0 saturated carbocycles. The molecule has 1 aromatic carbocycles. The third-order valence-corrected chi connectivity index (χ3v) is 6.90. The van der Waals surface area contributed by atoms with E-state index in [9.17, 15) is 4.79 Å². The van der Waals surface area contributed by atoms with Crippen molar-refractivity contribution in [2.24, 2.45) is 5.92 Å². The van der Waals surface area contributed by atoms with Crippen molar-refractivity contribution < 1.29 is 4.79 Å². The second kappa shape index (κ2) is 9.00. The number of aryl methyl sites for hydroxylation is 1. The van der Waals surface area contributed by atoms with Crippen molar-refractivity contribution in [1.82, 2.24) is 24.6 Å². The number of nitrogens with zero attached hydrogens (tertiary/aromatic N) is 5. The van der Waals surface area contributed by atoms with Crippen LogP contribution in [0.5, 0.6) is 0 Å². The van der Waals surface area contributed by atoms with E-state index in [4.69, 9.17) is 0 Å². The maximum atomic E-state index is 13.2. The monoisotopic (exact) mass is 421 g/mol. The molecule has 1 saturated heterocycles. The summed E-state index contributed by atoms with van der Waals surface area (Å²) in [4.78, 5) is 19.3. The van der Waals surface area contributed by atoms with E-state index < -0.39 is 0 Å². The van der Waals surface area contributed by atoms with Gasteiger partial charge in [0, 0.05) is 31.0 Å². The normalized spacial score (nSPS) is 15.0. The minimum atomic E-state index is -0.194. The minimum Gasteiger partial charge on any atom is -0.342 e. The van der Waals surface area contributed by atoms with Crippen LogP contribution in [0, 0.1) is 12.8 Å². The summed E-state index contributed by atoms with van der Waals surface area (Å²) in [6.07, 6.45) is 5.69. The zero-order valence-corrected chi connectivity index (χ0v) is 18.5. The number of rotatable bonds is 6. The Bertz CT molecular complexity index is 1010. The van der Waals surface area contributed by atoms with E-state index >= 15 is 0 Å². The van der Waals surface area contributed by atoms with Gasteiger partial charge in [0.05, 0.1) is 10.9 Å². The average molecular weight is 422 g/mol. The molecule has 3 aromatic rings. The highest BCUT2D eigenvalue weighted by molar-refractivity contribution is 8.00. The minimum absolute atomic E-state index is 0.189. The van der Waals surface area contributed by atoms with Crippen LogP contribution in [0.25, 0.3) is 17.1 Å². The Hall–Kier alpha value is -2.67. The van der Waals surface area contributed by atoms with Crippen molar-refractivity contribution in [3.63, 3.8) is 0 Å². The summed E-state index contributed by atoms with van der Waals surface area (Å²) in [6, 6.07) is 12.1. The van der Waals surface area contributed by atoms with E-state index in [2.05, 4.69) is 52.7 Å². The number of aromatic nitrogens is 4. The number of thioether (sulfide) groups is 1. The first-order valence-electron chi connectivity index (χ1n) is 10.4. The standard InChI is InChI=1S/C23H27N5OS/c1-16(2)20(22(29)27-14-6-7-15-27)30-23-26-25-21(18-10-12-24-13-11-18)28(23)19-9-5-4-8-17(19)3/h4-5,8-13,16,20H,6-7,14-15H2,1-3H3. The van der Waals surface area contributed by atoms with Crippen LogP contribution in [0.15, 0.2) is 53.9 Å². The van der Waals surface area contributed by atoms with Crippen LogP contribution in [0.1, 0.15) is 32.3 Å². The molecular weight excluding hydrogens is 394 g/mol. The lowest BCUT2D eigenvalue weighted by Crippen LogP contribution is -2.38. The van der Waals surface area contributed by atoms with Crippen molar-refractivity contribution in [3.8, 4) is 17.1 Å². The molecule has 1 aliphatic rings. The number of para-hydroxylation sites is 1. The molecule has 7 heteroatoms. The molecule has 1 fully saturated rings. The van der Waals surface area contributed by atoms with E-state index in [-0.39, 0.29) is 17.1 Å². The average Bonchev–Trinajstić information content (AvgIpc) is 3.43. The van der Waals surface area contributed by atoms with Crippen LogP contribution in [0.4, 0.5) is 0 Å². The fourth-order valence-corrected chi connectivity index (χ4v) is 4.90. The van der Waals surface area contributed by atoms with Crippen LogP contribution in [-0.2, 0) is 4.79 Å². The lowest BCUT2D eigenvalue weighted by atomic mass is 10.1. The van der Waals surface area contributed by atoms with Gasteiger partial charge in [-0.25, -0.2) is 0 Å². The maximum Gasteiger partial charge on any atom is 0.236 e. The summed E-state index contributed by atoms with van der Waals surface area (Å²) in [6.45, 7) is 7.99. The van der Waals surface area contributed by atoms with Gasteiger partial charge in [0.15, 0.2) is 11.0 Å². The fourth-order valence-electron chi connectivity index (χ4n) is 3.77. The van der Waals surface area contributed by atoms with Crippen molar-refractivity contribution >= 4 is 17.7 Å². The third-order valence-electron chi connectivity index (χ3n) is 5.43. The van der Waals surface area contributed by atoms with Gasteiger partial charge >= 0.3 is 0 Å². The molecule has 156 valence electrons. The van der Waals surface area contributed by atoms with Crippen LogP contribution < -0.4 is 0 Å². The number of likely N-dealkylation sites (tertiary alicyclic amines) is 1. The molecule has 2 aromatic heterocycles. The topological polar surface area (TPSA) is 63.9 Å². The van der Waals surface area contributed by atoms with E-state index in [1.807, 2.05) is 29.2 Å². The highest BCUT2D eigenvalue weighted by Crippen LogP contribution is 2.34. The van der Waals surface area contributed by atoms with Gasteiger partial charge < -0.3 is 4.90 Å². The number of carbonyl (C=O) groups excluding carboxylic acids is 1. The van der Waals surface area contributed by atoms with Gasteiger partial charge in [-0.1, -0.05) is 43.8 Å². The van der Waals surface area contributed by atoms with E-state index in [1.54, 1.807) is 12.4 Å². The Morgan fingerprint density at radius 1 is 1.03 bits per heavy atom. The molecule has 0 bridgehead atoms. The molecular formula is C23H27N5OS. The first kappa shape index (κ1) is 20.6. The van der Waals surface area contributed by atoms with Crippen LogP contribution >= 0.6 is 11.8 Å². The van der Waals surface area contributed by atoms with E-state index in [0.29, 0.717) is 0 Å². The number of pyridine rings is 1. The number of benzene rings is 1. The van der Waals surface area contributed by atoms with Crippen molar-refractivity contribution in [1.29, 1.82) is 0 Å². The summed E-state index contributed by atoms with van der Waals surface area (Å²) < 4.78 is 2.07. The van der Waals surface area contributed by atoms with E-state index in [1.165, 1.54) is 11.8 Å². The Balaban J connectivity index is 1.77. The predicted molar refractivity (Wildman–Crippen MR) is 120 cm³/mol. The molecule has 0 spiro atoms. The predicted octanol–water partition coefficient (Wildman–Crippen LogP) is 4.38. The quantitative estimate of drug-likeness (QED) is 0.553. The zero-order chi connectivity index (χ0) is 21.1. The van der Waals surface area contributed by atoms with Gasteiger partial charge in [0.2, 0.25) is 5.91 Å². The fraction of sp³-hybridized carbons (Fsp3) is 0.391. The second-order valence-corrected chi connectivity index (χ2v) is 9.09. The Morgan fingerprint density at radius 3 is 2.40 bits per heavy atom. The summed E-state index contributed by atoms with van der Waals surface area (Å²) in [5.74, 6) is 1.15. The Labute approximate surface area is 181 Å². The van der Waals surface area contributed by atoms with Gasteiger partial charge in [-0.3, -0.25) is 14.3 Å². The van der Waals surface area contributed by atoms with Crippen molar-refractivity contribution in [2.45, 2.75) is 44.0 Å². The molecule has 1 atom stereocenters. The lowest BCUT2D eigenvalue weighted by molar-refractivity contribution is -0.130. The van der Waals surface area contributed by atoms with Crippen LogP contribution in [0.2, 0.25) is 0 Å². The third kappa shape index (κ3) is 4.12. The molecule has 1 amide bonds. The summed E-state index contributed by atoms with van der Waals surface area (Å²) in [7, 11) is 0.